The van der Waals surface area contributed by atoms with E-state index in [1.54, 1.807) is 30.2 Å². The molecule has 7 heteroatoms. The Balaban J connectivity index is 1.52. The summed E-state index contributed by atoms with van der Waals surface area (Å²) in [4.78, 5) is 28.9. The molecule has 7 nitrogen and oxygen atoms in total. The first-order chi connectivity index (χ1) is 13.1. The summed E-state index contributed by atoms with van der Waals surface area (Å²) in [5, 5.41) is 0. The zero-order chi connectivity index (χ0) is 19.2. The van der Waals surface area contributed by atoms with Crippen LogP contribution in [0.4, 0.5) is 0 Å². The third-order valence-corrected chi connectivity index (χ3v) is 5.26. The van der Waals surface area contributed by atoms with E-state index in [0.29, 0.717) is 49.7 Å². The molecule has 2 fully saturated rings. The lowest BCUT2D eigenvalue weighted by Gasteiger charge is -2.35. The van der Waals surface area contributed by atoms with E-state index in [9.17, 15) is 9.59 Å². The molecule has 2 aliphatic rings. The summed E-state index contributed by atoms with van der Waals surface area (Å²) in [7, 11) is 3.11. The van der Waals surface area contributed by atoms with E-state index >= 15 is 0 Å². The standard InChI is InChI=1S/C20H28N2O5/c1-25-16-5-7-17(18(14-16)26-2)20(24)22-11-9-21(10-12-22)19(23)8-6-15-4-3-13-27-15/h5,7,14-15H,3-4,6,8-13H2,1-2H3. The number of carbonyl (C=O) groups is 2. The maximum absolute atomic E-state index is 12.8. The summed E-state index contributed by atoms with van der Waals surface area (Å²) >= 11 is 0. The highest BCUT2D eigenvalue weighted by Crippen LogP contribution is 2.26. The van der Waals surface area contributed by atoms with Crippen molar-refractivity contribution < 1.29 is 23.8 Å². The van der Waals surface area contributed by atoms with Crippen molar-refractivity contribution in [3.8, 4) is 11.5 Å². The molecule has 2 aliphatic heterocycles. The molecule has 0 spiro atoms. The van der Waals surface area contributed by atoms with Gasteiger partial charge in [0.25, 0.3) is 5.91 Å². The van der Waals surface area contributed by atoms with Gasteiger partial charge in [-0.1, -0.05) is 0 Å². The van der Waals surface area contributed by atoms with E-state index in [1.165, 1.54) is 7.11 Å². The molecule has 148 valence electrons. The van der Waals surface area contributed by atoms with Crippen LogP contribution in [0.25, 0.3) is 0 Å². The smallest absolute Gasteiger partial charge is 0.257 e. The Morgan fingerprint density at radius 3 is 2.48 bits per heavy atom. The van der Waals surface area contributed by atoms with Gasteiger partial charge in [0.1, 0.15) is 11.5 Å². The Morgan fingerprint density at radius 1 is 1.11 bits per heavy atom. The fourth-order valence-electron chi connectivity index (χ4n) is 3.62. The molecule has 2 amide bonds. The number of nitrogens with zero attached hydrogens (tertiary/aromatic N) is 2. The molecule has 2 saturated heterocycles. The lowest BCUT2D eigenvalue weighted by atomic mass is 10.1. The summed E-state index contributed by atoms with van der Waals surface area (Å²) in [6.07, 6.45) is 3.69. The van der Waals surface area contributed by atoms with Crippen LogP contribution >= 0.6 is 0 Å². The number of rotatable bonds is 6. The van der Waals surface area contributed by atoms with E-state index in [4.69, 9.17) is 14.2 Å². The average molecular weight is 376 g/mol. The van der Waals surface area contributed by atoms with Crippen molar-refractivity contribution in [2.24, 2.45) is 0 Å². The van der Waals surface area contributed by atoms with Gasteiger partial charge in [-0.05, 0) is 31.4 Å². The minimum atomic E-state index is -0.0824. The number of carbonyl (C=O) groups excluding carboxylic acids is 2. The molecule has 0 radical (unpaired) electrons. The predicted molar refractivity (Wildman–Crippen MR) is 100 cm³/mol. The van der Waals surface area contributed by atoms with Gasteiger partial charge in [0.2, 0.25) is 5.91 Å². The van der Waals surface area contributed by atoms with Gasteiger partial charge in [-0.3, -0.25) is 9.59 Å². The number of ether oxygens (including phenoxy) is 3. The first-order valence-electron chi connectivity index (χ1n) is 9.53. The van der Waals surface area contributed by atoms with Gasteiger partial charge >= 0.3 is 0 Å². The van der Waals surface area contributed by atoms with Gasteiger partial charge in [0.05, 0.1) is 25.9 Å². The van der Waals surface area contributed by atoms with Crippen LogP contribution in [0, 0.1) is 0 Å². The number of hydrogen-bond acceptors (Lipinski definition) is 5. The summed E-state index contributed by atoms with van der Waals surface area (Å²) in [5.41, 5.74) is 0.511. The number of benzene rings is 1. The minimum absolute atomic E-state index is 0.0824. The zero-order valence-electron chi connectivity index (χ0n) is 16.1. The van der Waals surface area contributed by atoms with Crippen molar-refractivity contribution in [3.63, 3.8) is 0 Å². The highest BCUT2D eigenvalue weighted by atomic mass is 16.5. The molecule has 3 rings (SSSR count). The van der Waals surface area contributed by atoms with Gasteiger partial charge in [0, 0.05) is 45.3 Å². The highest BCUT2D eigenvalue weighted by molar-refractivity contribution is 5.97. The van der Waals surface area contributed by atoms with Crippen LogP contribution in [-0.4, -0.2) is 74.7 Å². The van der Waals surface area contributed by atoms with E-state index in [1.807, 2.05) is 4.90 Å². The second-order valence-corrected chi connectivity index (χ2v) is 6.91. The second kappa shape index (κ2) is 9.08. The van der Waals surface area contributed by atoms with Crippen molar-refractivity contribution >= 4 is 11.8 Å². The third-order valence-electron chi connectivity index (χ3n) is 5.26. The topological polar surface area (TPSA) is 68.3 Å². The second-order valence-electron chi connectivity index (χ2n) is 6.91. The lowest BCUT2D eigenvalue weighted by molar-refractivity contribution is -0.133. The maximum atomic E-state index is 12.8. The fourth-order valence-corrected chi connectivity index (χ4v) is 3.62. The molecule has 0 aliphatic carbocycles. The molecule has 0 aromatic heterocycles. The van der Waals surface area contributed by atoms with Crippen LogP contribution in [-0.2, 0) is 9.53 Å². The molecule has 1 aromatic rings. The number of hydrogen-bond donors (Lipinski definition) is 0. The molecule has 1 aromatic carbocycles. The van der Waals surface area contributed by atoms with Crippen molar-refractivity contribution in [3.05, 3.63) is 23.8 Å². The monoisotopic (exact) mass is 376 g/mol. The molecule has 1 atom stereocenters. The number of piperazine rings is 1. The summed E-state index contributed by atoms with van der Waals surface area (Å²) in [5.74, 6) is 1.21. The van der Waals surface area contributed by atoms with Crippen molar-refractivity contribution in [1.29, 1.82) is 0 Å². The average Bonchev–Trinajstić information content (AvgIpc) is 3.24. The van der Waals surface area contributed by atoms with Gasteiger partial charge in [-0.2, -0.15) is 0 Å². The van der Waals surface area contributed by atoms with Gasteiger partial charge in [-0.15, -0.1) is 0 Å². The Kier molecular flexibility index (Phi) is 6.55. The Bertz CT molecular complexity index is 664. The molecule has 2 heterocycles. The molecule has 0 N–H and O–H groups in total. The van der Waals surface area contributed by atoms with Crippen molar-refractivity contribution in [2.75, 3.05) is 47.0 Å². The van der Waals surface area contributed by atoms with Crippen LogP contribution in [0.5, 0.6) is 11.5 Å². The molecule has 1 unspecified atom stereocenters. The van der Waals surface area contributed by atoms with E-state index < -0.39 is 0 Å². The molecule has 0 saturated carbocycles. The fraction of sp³-hybridized carbons (Fsp3) is 0.600. The van der Waals surface area contributed by atoms with E-state index in [-0.39, 0.29) is 17.9 Å². The zero-order valence-corrected chi connectivity index (χ0v) is 16.1. The van der Waals surface area contributed by atoms with Gasteiger partial charge in [-0.25, -0.2) is 0 Å². The highest BCUT2D eigenvalue weighted by Gasteiger charge is 2.27. The van der Waals surface area contributed by atoms with Crippen LogP contribution in [0.3, 0.4) is 0 Å². The van der Waals surface area contributed by atoms with Crippen LogP contribution in [0.1, 0.15) is 36.0 Å². The summed E-state index contributed by atoms with van der Waals surface area (Å²) < 4.78 is 16.1. The van der Waals surface area contributed by atoms with E-state index in [2.05, 4.69) is 0 Å². The Morgan fingerprint density at radius 2 is 1.85 bits per heavy atom. The SMILES string of the molecule is COc1ccc(C(=O)N2CCN(C(=O)CCC3CCCO3)CC2)c(OC)c1. The van der Waals surface area contributed by atoms with Crippen LogP contribution < -0.4 is 9.47 Å². The first-order valence-corrected chi connectivity index (χ1v) is 9.53. The molecule has 27 heavy (non-hydrogen) atoms. The quantitative estimate of drug-likeness (QED) is 0.759. The first kappa shape index (κ1) is 19.5. The largest absolute Gasteiger partial charge is 0.497 e. The molecular formula is C20H28N2O5. The third kappa shape index (κ3) is 4.71. The van der Waals surface area contributed by atoms with Gasteiger partial charge in [0.15, 0.2) is 0 Å². The Labute approximate surface area is 160 Å². The van der Waals surface area contributed by atoms with Crippen molar-refractivity contribution in [2.45, 2.75) is 31.8 Å². The van der Waals surface area contributed by atoms with Crippen LogP contribution in [0.2, 0.25) is 0 Å². The minimum Gasteiger partial charge on any atom is -0.497 e. The van der Waals surface area contributed by atoms with Gasteiger partial charge < -0.3 is 24.0 Å². The Hall–Kier alpha value is -2.28. The van der Waals surface area contributed by atoms with E-state index in [0.717, 1.165) is 25.9 Å². The number of amides is 2. The van der Waals surface area contributed by atoms with Crippen molar-refractivity contribution in [1.82, 2.24) is 9.80 Å². The normalized spacial score (nSPS) is 19.9. The molecule has 0 bridgehead atoms. The number of methoxy groups -OCH3 is 2. The summed E-state index contributed by atoms with van der Waals surface area (Å²) in [6.45, 7) is 3.00. The maximum Gasteiger partial charge on any atom is 0.257 e. The molecular weight excluding hydrogens is 348 g/mol. The summed E-state index contributed by atoms with van der Waals surface area (Å²) in [6, 6.07) is 5.18. The lowest BCUT2D eigenvalue weighted by Crippen LogP contribution is -2.50. The van der Waals surface area contributed by atoms with Crippen LogP contribution in [0.15, 0.2) is 18.2 Å². The predicted octanol–water partition coefficient (Wildman–Crippen LogP) is 1.95.